The Hall–Kier alpha value is -1.49. The standard InChI is InChI=1S/C11H16N4O/c1-8(5-16)3-2-4-9-10-11(14-6-12-9)15-7-13-10/h6-8,16H,2-5H2,1H3,(H,12,13,14,15)/t8-/m1/s1. The molecule has 16 heavy (non-hydrogen) atoms. The Bertz CT molecular complexity index is 454. The summed E-state index contributed by atoms with van der Waals surface area (Å²) in [6, 6.07) is 0. The molecule has 5 nitrogen and oxygen atoms in total. The van der Waals surface area contributed by atoms with Crippen LogP contribution in [0.4, 0.5) is 0 Å². The van der Waals surface area contributed by atoms with Crippen LogP contribution in [-0.4, -0.2) is 31.6 Å². The van der Waals surface area contributed by atoms with Crippen molar-refractivity contribution in [1.29, 1.82) is 0 Å². The molecule has 2 rings (SSSR count). The topological polar surface area (TPSA) is 74.7 Å². The second-order valence-electron chi connectivity index (χ2n) is 4.10. The van der Waals surface area contributed by atoms with Gasteiger partial charge in [-0.15, -0.1) is 0 Å². The molecule has 0 saturated carbocycles. The molecule has 0 amide bonds. The Labute approximate surface area is 94.0 Å². The molecule has 2 aromatic rings. The Balaban J connectivity index is 2.01. The van der Waals surface area contributed by atoms with Gasteiger partial charge in [0, 0.05) is 6.61 Å². The quantitative estimate of drug-likeness (QED) is 0.796. The average molecular weight is 220 g/mol. The van der Waals surface area contributed by atoms with E-state index in [-0.39, 0.29) is 6.61 Å². The summed E-state index contributed by atoms with van der Waals surface area (Å²) in [6.07, 6.45) is 6.11. The predicted octanol–water partition coefficient (Wildman–Crippen LogP) is 1.30. The highest BCUT2D eigenvalue weighted by Gasteiger charge is 2.06. The summed E-state index contributed by atoms with van der Waals surface area (Å²) in [5.74, 6) is 0.360. The van der Waals surface area contributed by atoms with Gasteiger partial charge in [-0.1, -0.05) is 6.92 Å². The smallest absolute Gasteiger partial charge is 0.180 e. The van der Waals surface area contributed by atoms with Crippen molar-refractivity contribution < 1.29 is 5.11 Å². The number of aromatic amines is 1. The molecular weight excluding hydrogens is 204 g/mol. The Morgan fingerprint density at radius 1 is 1.38 bits per heavy atom. The first-order chi connectivity index (χ1) is 7.81. The summed E-state index contributed by atoms with van der Waals surface area (Å²) in [4.78, 5) is 15.5. The van der Waals surface area contributed by atoms with Gasteiger partial charge < -0.3 is 10.1 Å². The average Bonchev–Trinajstić information content (AvgIpc) is 2.77. The normalized spacial score (nSPS) is 13.1. The van der Waals surface area contributed by atoms with Crippen molar-refractivity contribution in [3.63, 3.8) is 0 Å². The highest BCUT2D eigenvalue weighted by Crippen LogP contribution is 2.14. The van der Waals surface area contributed by atoms with Crippen molar-refractivity contribution in [2.75, 3.05) is 6.61 Å². The van der Waals surface area contributed by atoms with Gasteiger partial charge in [0.15, 0.2) is 5.65 Å². The van der Waals surface area contributed by atoms with Crippen LogP contribution in [0.1, 0.15) is 25.5 Å². The van der Waals surface area contributed by atoms with Crippen molar-refractivity contribution in [1.82, 2.24) is 19.9 Å². The summed E-state index contributed by atoms with van der Waals surface area (Å²) in [5, 5.41) is 8.93. The second kappa shape index (κ2) is 5.03. The van der Waals surface area contributed by atoms with E-state index < -0.39 is 0 Å². The van der Waals surface area contributed by atoms with Gasteiger partial charge in [0.25, 0.3) is 0 Å². The number of imidazole rings is 1. The number of nitrogens with one attached hydrogen (secondary N) is 1. The molecule has 0 aliphatic rings. The molecule has 0 saturated heterocycles. The summed E-state index contributed by atoms with van der Waals surface area (Å²) < 4.78 is 0. The molecule has 0 bridgehead atoms. The van der Waals surface area contributed by atoms with E-state index in [0.717, 1.165) is 36.1 Å². The van der Waals surface area contributed by atoms with Gasteiger partial charge in [-0.2, -0.15) is 0 Å². The highest BCUT2D eigenvalue weighted by molar-refractivity contribution is 5.71. The maximum atomic E-state index is 8.93. The van der Waals surface area contributed by atoms with Gasteiger partial charge in [0.2, 0.25) is 0 Å². The zero-order valence-corrected chi connectivity index (χ0v) is 9.35. The van der Waals surface area contributed by atoms with E-state index in [9.17, 15) is 0 Å². The number of H-pyrrole nitrogens is 1. The van der Waals surface area contributed by atoms with Crippen LogP contribution in [0.2, 0.25) is 0 Å². The van der Waals surface area contributed by atoms with Crippen molar-refractivity contribution in [2.24, 2.45) is 5.92 Å². The molecule has 2 aromatic heterocycles. The lowest BCUT2D eigenvalue weighted by atomic mass is 10.0. The molecule has 2 heterocycles. The number of hydrogen-bond donors (Lipinski definition) is 2. The summed E-state index contributed by atoms with van der Waals surface area (Å²) in [5.41, 5.74) is 2.66. The van der Waals surface area contributed by atoms with Gasteiger partial charge in [-0.05, 0) is 25.2 Å². The van der Waals surface area contributed by atoms with Gasteiger partial charge in [-0.3, -0.25) is 0 Å². The molecule has 0 aromatic carbocycles. The fraction of sp³-hybridized carbons (Fsp3) is 0.545. The third-order valence-corrected chi connectivity index (χ3v) is 2.72. The third kappa shape index (κ3) is 2.36. The number of hydrogen-bond acceptors (Lipinski definition) is 4. The summed E-state index contributed by atoms with van der Waals surface area (Å²) >= 11 is 0. The van der Waals surface area contributed by atoms with Gasteiger partial charge >= 0.3 is 0 Å². The maximum absolute atomic E-state index is 8.93. The SMILES string of the molecule is C[C@@H](CO)CCCc1ncnc2nc[nH]c12. The second-order valence-corrected chi connectivity index (χ2v) is 4.10. The Morgan fingerprint density at radius 2 is 2.25 bits per heavy atom. The van der Waals surface area contributed by atoms with Crippen LogP contribution in [0.3, 0.4) is 0 Å². The first-order valence-electron chi connectivity index (χ1n) is 5.55. The van der Waals surface area contributed by atoms with E-state index in [4.69, 9.17) is 5.11 Å². The molecule has 0 aliphatic heterocycles. The van der Waals surface area contributed by atoms with Crippen LogP contribution in [0.25, 0.3) is 11.2 Å². The lowest BCUT2D eigenvalue weighted by Crippen LogP contribution is -2.02. The first kappa shape index (κ1) is 11.0. The molecule has 0 radical (unpaired) electrons. The van der Waals surface area contributed by atoms with Gasteiger partial charge in [0.05, 0.1) is 12.0 Å². The number of aliphatic hydroxyl groups excluding tert-OH is 1. The number of fused-ring (bicyclic) bond motifs is 1. The summed E-state index contributed by atoms with van der Waals surface area (Å²) in [7, 11) is 0. The van der Waals surface area contributed by atoms with Crippen molar-refractivity contribution >= 4 is 11.2 Å². The van der Waals surface area contributed by atoms with Crippen molar-refractivity contribution in [2.45, 2.75) is 26.2 Å². The van der Waals surface area contributed by atoms with Gasteiger partial charge in [-0.25, -0.2) is 15.0 Å². The number of nitrogens with zero attached hydrogens (tertiary/aromatic N) is 3. The first-order valence-corrected chi connectivity index (χ1v) is 5.55. The number of rotatable bonds is 5. The maximum Gasteiger partial charge on any atom is 0.180 e. The number of aryl methyl sites for hydroxylation is 1. The molecular formula is C11H16N4O. The zero-order valence-electron chi connectivity index (χ0n) is 9.35. The van der Waals surface area contributed by atoms with E-state index in [2.05, 4.69) is 19.9 Å². The molecule has 0 unspecified atom stereocenters. The van der Waals surface area contributed by atoms with E-state index in [1.165, 1.54) is 0 Å². The fourth-order valence-electron chi connectivity index (χ4n) is 1.71. The van der Waals surface area contributed by atoms with E-state index in [1.807, 2.05) is 6.92 Å². The number of aliphatic hydroxyl groups is 1. The Kier molecular flexibility index (Phi) is 3.46. The largest absolute Gasteiger partial charge is 0.396 e. The van der Waals surface area contributed by atoms with Gasteiger partial charge in [0.1, 0.15) is 11.8 Å². The third-order valence-electron chi connectivity index (χ3n) is 2.72. The minimum atomic E-state index is 0.253. The van der Waals surface area contributed by atoms with Crippen LogP contribution >= 0.6 is 0 Å². The monoisotopic (exact) mass is 220 g/mol. The van der Waals surface area contributed by atoms with Crippen molar-refractivity contribution in [3.8, 4) is 0 Å². The molecule has 2 N–H and O–H groups in total. The molecule has 0 aliphatic carbocycles. The van der Waals surface area contributed by atoms with E-state index >= 15 is 0 Å². The highest BCUT2D eigenvalue weighted by atomic mass is 16.3. The molecule has 1 atom stereocenters. The lowest BCUT2D eigenvalue weighted by molar-refractivity contribution is 0.228. The molecule has 86 valence electrons. The minimum absolute atomic E-state index is 0.253. The number of aromatic nitrogens is 4. The van der Waals surface area contributed by atoms with Crippen LogP contribution < -0.4 is 0 Å². The summed E-state index contributed by atoms with van der Waals surface area (Å²) in [6.45, 7) is 2.30. The lowest BCUT2D eigenvalue weighted by Gasteiger charge is -2.06. The Morgan fingerprint density at radius 3 is 3.06 bits per heavy atom. The van der Waals surface area contributed by atoms with Crippen LogP contribution in [0.15, 0.2) is 12.7 Å². The molecule has 5 heteroatoms. The molecule has 0 spiro atoms. The molecule has 0 fully saturated rings. The predicted molar refractivity (Wildman–Crippen MR) is 60.9 cm³/mol. The van der Waals surface area contributed by atoms with Crippen LogP contribution in [0, 0.1) is 5.92 Å². The fourth-order valence-corrected chi connectivity index (χ4v) is 1.71. The van der Waals surface area contributed by atoms with Crippen molar-refractivity contribution in [3.05, 3.63) is 18.3 Å². The van der Waals surface area contributed by atoms with Crippen LogP contribution in [0.5, 0.6) is 0 Å². The van der Waals surface area contributed by atoms with Crippen LogP contribution in [-0.2, 0) is 6.42 Å². The van der Waals surface area contributed by atoms with E-state index in [1.54, 1.807) is 12.7 Å². The zero-order chi connectivity index (χ0) is 11.4. The van der Waals surface area contributed by atoms with E-state index in [0.29, 0.717) is 5.92 Å². The minimum Gasteiger partial charge on any atom is -0.396 e.